The van der Waals surface area contributed by atoms with Gasteiger partial charge in [0.15, 0.2) is 11.6 Å². The highest BCUT2D eigenvalue weighted by atomic mass is 19.1. The number of hydrogen-bond donors (Lipinski definition) is 1. The zero-order valence-electron chi connectivity index (χ0n) is 19.0. The first-order chi connectivity index (χ1) is 16.7. The number of nitrogens with zero attached hydrogens (tertiary/aromatic N) is 6. The number of urea groups is 1. The number of benzene rings is 1. The molecule has 35 heavy (non-hydrogen) atoms. The van der Waals surface area contributed by atoms with Crippen molar-refractivity contribution in [3.63, 3.8) is 0 Å². The number of ether oxygens (including phenoxy) is 1. The lowest BCUT2D eigenvalue weighted by atomic mass is 10.0. The average molecular weight is 485 g/mol. The minimum Gasteiger partial charge on any atom is -0.483 e. The van der Waals surface area contributed by atoms with Gasteiger partial charge in [0.1, 0.15) is 29.3 Å². The van der Waals surface area contributed by atoms with Crippen molar-refractivity contribution in [1.29, 1.82) is 0 Å². The lowest BCUT2D eigenvalue weighted by molar-refractivity contribution is 0.0256. The number of aromatic nitrogens is 3. The maximum atomic E-state index is 14.4. The fraction of sp³-hybridized carbons (Fsp3) is 0.304. The molecule has 0 bridgehead atoms. The van der Waals surface area contributed by atoms with Crippen LogP contribution in [0.1, 0.15) is 23.6 Å². The highest BCUT2D eigenvalue weighted by molar-refractivity contribution is 5.79. The molecule has 5 rings (SSSR count). The highest BCUT2D eigenvalue weighted by Gasteiger charge is 2.39. The summed E-state index contributed by atoms with van der Waals surface area (Å²) in [5.74, 6) is -1.62. The summed E-state index contributed by atoms with van der Waals surface area (Å²) in [6.07, 6.45) is 2.47. The van der Waals surface area contributed by atoms with E-state index in [2.05, 4.69) is 15.2 Å². The molecule has 1 aromatic carbocycles. The number of rotatable bonds is 4. The molecule has 4 heterocycles. The first kappa shape index (κ1) is 22.7. The predicted octanol–water partition coefficient (Wildman–Crippen LogP) is 3.41. The van der Waals surface area contributed by atoms with E-state index in [4.69, 9.17) is 10.5 Å². The van der Waals surface area contributed by atoms with Crippen LogP contribution in [0.4, 0.5) is 23.8 Å². The number of anilines is 1. The summed E-state index contributed by atoms with van der Waals surface area (Å²) in [6, 6.07) is 3.56. The predicted molar refractivity (Wildman–Crippen MR) is 121 cm³/mol. The fourth-order valence-electron chi connectivity index (χ4n) is 4.16. The van der Waals surface area contributed by atoms with Crippen LogP contribution >= 0.6 is 0 Å². The van der Waals surface area contributed by atoms with Gasteiger partial charge in [-0.1, -0.05) is 0 Å². The van der Waals surface area contributed by atoms with Crippen LogP contribution in [0, 0.1) is 24.4 Å². The van der Waals surface area contributed by atoms with Crippen LogP contribution in [-0.4, -0.2) is 56.1 Å². The summed E-state index contributed by atoms with van der Waals surface area (Å²) >= 11 is 0. The lowest BCUT2D eigenvalue weighted by Gasteiger charge is -2.41. The van der Waals surface area contributed by atoms with Crippen LogP contribution in [0.3, 0.4) is 0 Å². The Morgan fingerprint density at radius 1 is 1.14 bits per heavy atom. The minimum absolute atomic E-state index is 0.0111. The lowest BCUT2D eigenvalue weighted by Crippen LogP contribution is -2.58. The van der Waals surface area contributed by atoms with Gasteiger partial charge in [-0.15, -0.1) is 0 Å². The normalized spacial score (nSPS) is 17.7. The van der Waals surface area contributed by atoms with Crippen molar-refractivity contribution in [3.05, 3.63) is 59.0 Å². The van der Waals surface area contributed by atoms with E-state index in [0.717, 1.165) is 17.8 Å². The molecule has 2 N–H and O–H groups in total. The zero-order valence-corrected chi connectivity index (χ0v) is 19.0. The highest BCUT2D eigenvalue weighted by Crippen LogP contribution is 2.33. The van der Waals surface area contributed by atoms with Gasteiger partial charge in [-0.2, -0.15) is 10.2 Å². The Balaban J connectivity index is 1.25. The molecule has 1 saturated heterocycles. The third-order valence-electron chi connectivity index (χ3n) is 6.11. The van der Waals surface area contributed by atoms with Crippen molar-refractivity contribution in [2.45, 2.75) is 25.5 Å². The number of pyridine rings is 1. The van der Waals surface area contributed by atoms with E-state index < -0.39 is 35.6 Å². The Morgan fingerprint density at radius 2 is 1.86 bits per heavy atom. The maximum absolute atomic E-state index is 14.4. The third kappa shape index (κ3) is 4.15. The number of hydrazone groups is 1. The molecule has 2 aliphatic rings. The second-order valence-electron chi connectivity index (χ2n) is 8.51. The second-order valence-corrected chi connectivity index (χ2v) is 8.51. The molecule has 0 aliphatic carbocycles. The average Bonchev–Trinajstić information content (AvgIpc) is 3.37. The van der Waals surface area contributed by atoms with E-state index in [0.29, 0.717) is 29.2 Å². The molecule has 0 spiro atoms. The molecular weight excluding hydrogens is 463 g/mol. The number of carbonyl (C=O) groups is 1. The summed E-state index contributed by atoms with van der Waals surface area (Å²) in [5.41, 5.74) is 7.93. The van der Waals surface area contributed by atoms with E-state index >= 15 is 0 Å². The minimum atomic E-state index is -0.723. The van der Waals surface area contributed by atoms with Gasteiger partial charge in [0.2, 0.25) is 0 Å². The van der Waals surface area contributed by atoms with Gasteiger partial charge in [0.05, 0.1) is 31.0 Å². The fourth-order valence-corrected chi connectivity index (χ4v) is 4.16. The molecule has 9 nitrogen and oxygen atoms in total. The molecule has 1 atom stereocenters. The van der Waals surface area contributed by atoms with Crippen LogP contribution in [0.25, 0.3) is 11.4 Å². The van der Waals surface area contributed by atoms with Gasteiger partial charge in [-0.25, -0.2) is 23.0 Å². The van der Waals surface area contributed by atoms with E-state index in [1.165, 1.54) is 39.0 Å². The number of hydrogen-bond acceptors (Lipinski definition) is 6. The number of carbonyl (C=O) groups excluding carboxylic acids is 1. The van der Waals surface area contributed by atoms with Gasteiger partial charge in [-0.3, -0.25) is 9.67 Å². The molecule has 2 aromatic heterocycles. The van der Waals surface area contributed by atoms with Crippen molar-refractivity contribution >= 4 is 18.1 Å². The van der Waals surface area contributed by atoms with Gasteiger partial charge in [0, 0.05) is 37.4 Å². The third-order valence-corrected chi connectivity index (χ3v) is 6.11. The SMILES string of the molecule is Cc1c(-c2cc(OC3CN(C(=O)N4N=CC[C@H]4c4cc(F)cc(F)c4)C3)c(F)cn2)nn(C)c1N. The van der Waals surface area contributed by atoms with Crippen LogP contribution in [0.5, 0.6) is 5.75 Å². The molecule has 0 radical (unpaired) electrons. The largest absolute Gasteiger partial charge is 0.483 e. The maximum Gasteiger partial charge on any atom is 0.341 e. The molecule has 182 valence electrons. The molecular formula is C23H22F3N7O2. The summed E-state index contributed by atoms with van der Waals surface area (Å²) in [6.45, 7) is 2.19. The van der Waals surface area contributed by atoms with Crippen LogP contribution in [0.2, 0.25) is 0 Å². The molecule has 0 unspecified atom stereocenters. The van der Waals surface area contributed by atoms with Crippen molar-refractivity contribution in [1.82, 2.24) is 24.7 Å². The molecule has 2 aliphatic heterocycles. The van der Waals surface area contributed by atoms with Crippen molar-refractivity contribution in [3.8, 4) is 17.1 Å². The van der Waals surface area contributed by atoms with E-state index in [-0.39, 0.29) is 18.8 Å². The topological polar surface area (TPSA) is 102 Å². The number of nitrogen functional groups attached to an aromatic ring is 1. The Hall–Kier alpha value is -4.09. The first-order valence-electron chi connectivity index (χ1n) is 10.9. The van der Waals surface area contributed by atoms with Gasteiger partial charge in [0.25, 0.3) is 0 Å². The van der Waals surface area contributed by atoms with E-state index in [1.54, 1.807) is 14.0 Å². The smallest absolute Gasteiger partial charge is 0.341 e. The number of halogens is 3. The Kier molecular flexibility index (Phi) is 5.58. The van der Waals surface area contributed by atoms with Crippen LogP contribution < -0.4 is 10.5 Å². The Bertz CT molecular complexity index is 1320. The van der Waals surface area contributed by atoms with Crippen molar-refractivity contribution in [2.75, 3.05) is 18.8 Å². The molecule has 3 aromatic rings. The zero-order chi connectivity index (χ0) is 24.9. The van der Waals surface area contributed by atoms with Gasteiger partial charge < -0.3 is 15.4 Å². The Morgan fingerprint density at radius 3 is 2.51 bits per heavy atom. The quantitative estimate of drug-likeness (QED) is 0.610. The van der Waals surface area contributed by atoms with E-state index in [1.807, 2.05) is 0 Å². The van der Waals surface area contributed by atoms with Crippen molar-refractivity contribution in [2.24, 2.45) is 12.1 Å². The number of amides is 2. The summed E-state index contributed by atoms with van der Waals surface area (Å²) in [7, 11) is 1.70. The standard InChI is InChI=1S/C23H22F3N7O2/c1-12-21(30-31(2)22(12)27)18-8-20(17(26)9-28-18)35-16-10-32(11-16)23(34)33-19(3-4-29-33)13-5-14(24)7-15(25)6-13/h4-9,16,19H,3,10-11,27H2,1-2H3/t19-/m0/s1. The van der Waals surface area contributed by atoms with E-state index in [9.17, 15) is 18.0 Å². The van der Waals surface area contributed by atoms with Gasteiger partial charge >= 0.3 is 6.03 Å². The van der Waals surface area contributed by atoms with Crippen LogP contribution in [0.15, 0.2) is 35.6 Å². The Labute approximate surface area is 198 Å². The summed E-state index contributed by atoms with van der Waals surface area (Å²) in [4.78, 5) is 18.5. The number of likely N-dealkylation sites (tertiary alicyclic amines) is 1. The van der Waals surface area contributed by atoms with Crippen LogP contribution in [-0.2, 0) is 7.05 Å². The molecule has 12 heteroatoms. The summed E-state index contributed by atoms with van der Waals surface area (Å²) in [5, 5.41) is 9.60. The number of nitrogens with two attached hydrogens (primary N) is 1. The van der Waals surface area contributed by atoms with Crippen molar-refractivity contribution < 1.29 is 22.7 Å². The summed E-state index contributed by atoms with van der Waals surface area (Å²) < 4.78 is 49.0. The number of aryl methyl sites for hydroxylation is 1. The molecule has 1 fully saturated rings. The first-order valence-corrected chi connectivity index (χ1v) is 10.9. The molecule has 0 saturated carbocycles. The van der Waals surface area contributed by atoms with Gasteiger partial charge in [-0.05, 0) is 24.6 Å². The molecule has 2 amide bonds. The second kappa shape index (κ2) is 8.60. The monoisotopic (exact) mass is 485 g/mol.